The number of benzene rings is 2. The van der Waals surface area contributed by atoms with Crippen LogP contribution in [0.4, 0.5) is 0 Å². The third-order valence-corrected chi connectivity index (χ3v) is 4.29. The molecule has 2 nitrogen and oxygen atoms in total. The van der Waals surface area contributed by atoms with Crippen molar-refractivity contribution in [3.05, 3.63) is 53.6 Å². The Bertz CT molecular complexity index is 598. The van der Waals surface area contributed by atoms with Crippen LogP contribution >= 0.6 is 11.8 Å². The summed E-state index contributed by atoms with van der Waals surface area (Å²) in [6.07, 6.45) is 3.87. The molecule has 112 valence electrons. The minimum absolute atomic E-state index is 0.171. The molecule has 21 heavy (non-hydrogen) atoms. The molecular weight excluding hydrogens is 278 g/mol. The molecule has 0 aromatic heterocycles. The Morgan fingerprint density at radius 2 is 1.90 bits per heavy atom. The number of thioether (sulfide) groups is 1. The zero-order chi connectivity index (χ0) is 15.2. The summed E-state index contributed by atoms with van der Waals surface area (Å²) in [5.74, 6) is 1.81. The Hall–Kier alpha value is -1.45. The number of nitrogens with two attached hydrogens (primary N) is 1. The van der Waals surface area contributed by atoms with Gasteiger partial charge in [-0.3, -0.25) is 0 Å². The Morgan fingerprint density at radius 3 is 2.62 bits per heavy atom. The zero-order valence-electron chi connectivity index (χ0n) is 12.9. The quantitative estimate of drug-likeness (QED) is 0.779. The topological polar surface area (TPSA) is 35.2 Å². The molecule has 0 bridgehead atoms. The summed E-state index contributed by atoms with van der Waals surface area (Å²) in [5, 5.41) is 0. The van der Waals surface area contributed by atoms with Crippen LogP contribution in [0.1, 0.15) is 24.5 Å². The molecule has 0 aliphatic rings. The monoisotopic (exact) mass is 301 g/mol. The first kappa shape index (κ1) is 15.9. The molecule has 2 N–H and O–H groups in total. The van der Waals surface area contributed by atoms with Crippen molar-refractivity contribution in [2.45, 2.75) is 37.6 Å². The van der Waals surface area contributed by atoms with Crippen molar-refractivity contribution in [2.24, 2.45) is 5.73 Å². The maximum atomic E-state index is 6.16. The predicted molar refractivity (Wildman–Crippen MR) is 91.4 cm³/mol. The summed E-state index contributed by atoms with van der Waals surface area (Å²) >= 11 is 1.69. The van der Waals surface area contributed by atoms with Crippen LogP contribution < -0.4 is 10.5 Å². The number of rotatable bonds is 6. The van der Waals surface area contributed by atoms with Gasteiger partial charge in [0.05, 0.1) is 0 Å². The average Bonchev–Trinajstić information content (AvgIpc) is 2.50. The molecule has 0 heterocycles. The average molecular weight is 301 g/mol. The highest BCUT2D eigenvalue weighted by molar-refractivity contribution is 7.98. The van der Waals surface area contributed by atoms with Crippen LogP contribution in [0.2, 0.25) is 0 Å². The maximum Gasteiger partial charge on any atom is 0.140 e. The van der Waals surface area contributed by atoms with Crippen molar-refractivity contribution >= 4 is 11.8 Å². The van der Waals surface area contributed by atoms with E-state index in [9.17, 15) is 0 Å². The van der Waals surface area contributed by atoms with E-state index in [1.165, 1.54) is 11.1 Å². The minimum Gasteiger partial charge on any atom is -0.456 e. The molecule has 0 spiro atoms. The van der Waals surface area contributed by atoms with Gasteiger partial charge in [-0.2, -0.15) is 0 Å². The smallest absolute Gasteiger partial charge is 0.140 e. The van der Waals surface area contributed by atoms with Crippen LogP contribution in [0.15, 0.2) is 47.4 Å². The number of aryl methyl sites for hydroxylation is 1. The van der Waals surface area contributed by atoms with Crippen molar-refractivity contribution in [3.8, 4) is 11.5 Å². The van der Waals surface area contributed by atoms with Crippen LogP contribution in [0, 0.1) is 6.92 Å². The summed E-state index contributed by atoms with van der Waals surface area (Å²) in [7, 11) is 0. The van der Waals surface area contributed by atoms with E-state index < -0.39 is 0 Å². The van der Waals surface area contributed by atoms with Crippen molar-refractivity contribution in [2.75, 3.05) is 6.26 Å². The van der Waals surface area contributed by atoms with Gasteiger partial charge < -0.3 is 10.5 Å². The molecule has 1 atom stereocenters. The maximum absolute atomic E-state index is 6.16. The van der Waals surface area contributed by atoms with Crippen LogP contribution in [-0.2, 0) is 6.42 Å². The lowest BCUT2D eigenvalue weighted by Gasteiger charge is -2.16. The van der Waals surface area contributed by atoms with Gasteiger partial charge in [-0.15, -0.1) is 11.8 Å². The van der Waals surface area contributed by atoms with Gasteiger partial charge >= 0.3 is 0 Å². The molecule has 1 unspecified atom stereocenters. The zero-order valence-corrected chi connectivity index (χ0v) is 13.7. The molecule has 2 aromatic carbocycles. The summed E-state index contributed by atoms with van der Waals surface area (Å²) in [5.41, 5.74) is 8.53. The Labute approximate surface area is 131 Å². The summed E-state index contributed by atoms with van der Waals surface area (Å²) in [6, 6.07) is 14.6. The first-order chi connectivity index (χ1) is 10.1. The lowest BCUT2D eigenvalue weighted by atomic mass is 10.0. The number of ether oxygens (including phenoxy) is 1. The summed E-state index contributed by atoms with van der Waals surface area (Å²) in [6.45, 7) is 4.21. The minimum atomic E-state index is 0.171. The third kappa shape index (κ3) is 4.26. The van der Waals surface area contributed by atoms with E-state index in [1.54, 1.807) is 11.8 Å². The van der Waals surface area contributed by atoms with Gasteiger partial charge in [-0.25, -0.2) is 0 Å². The molecule has 3 heteroatoms. The van der Waals surface area contributed by atoms with Gasteiger partial charge in [-0.1, -0.05) is 36.8 Å². The fourth-order valence-corrected chi connectivity index (χ4v) is 2.74. The number of hydrogen-bond donors (Lipinski definition) is 1. The summed E-state index contributed by atoms with van der Waals surface area (Å²) < 4.78 is 6.16. The highest BCUT2D eigenvalue weighted by atomic mass is 32.2. The van der Waals surface area contributed by atoms with Gasteiger partial charge in [0, 0.05) is 10.9 Å². The fraction of sp³-hybridized carbons (Fsp3) is 0.333. The highest BCUT2D eigenvalue weighted by Crippen LogP contribution is 2.33. The highest BCUT2D eigenvalue weighted by Gasteiger charge is 2.11. The van der Waals surface area contributed by atoms with Gasteiger partial charge in [0.25, 0.3) is 0 Å². The number of hydrogen-bond acceptors (Lipinski definition) is 3. The molecule has 2 aromatic rings. The molecule has 0 radical (unpaired) electrons. The van der Waals surface area contributed by atoms with E-state index in [0.29, 0.717) is 0 Å². The van der Waals surface area contributed by atoms with Gasteiger partial charge in [-0.05, 0) is 49.8 Å². The third-order valence-electron chi connectivity index (χ3n) is 3.51. The van der Waals surface area contributed by atoms with E-state index in [0.717, 1.165) is 29.2 Å². The normalized spacial score (nSPS) is 12.2. The first-order valence-corrected chi connectivity index (χ1v) is 8.52. The van der Waals surface area contributed by atoms with E-state index in [1.807, 2.05) is 24.3 Å². The molecule has 0 aliphatic carbocycles. The molecule has 0 saturated heterocycles. The largest absolute Gasteiger partial charge is 0.456 e. The fourth-order valence-electron chi connectivity index (χ4n) is 2.22. The summed E-state index contributed by atoms with van der Waals surface area (Å²) in [4.78, 5) is 1.14. The Kier molecular flexibility index (Phi) is 5.71. The SMILES string of the molecule is CCC(N)Cc1cc(C)ccc1Oc1ccccc1SC. The molecule has 0 aliphatic heterocycles. The van der Waals surface area contributed by atoms with E-state index >= 15 is 0 Å². The molecule has 2 rings (SSSR count). The molecule has 0 fully saturated rings. The van der Waals surface area contributed by atoms with Crippen molar-refractivity contribution in [3.63, 3.8) is 0 Å². The Balaban J connectivity index is 2.30. The lowest BCUT2D eigenvalue weighted by Crippen LogP contribution is -2.21. The second-order valence-corrected chi connectivity index (χ2v) is 6.08. The van der Waals surface area contributed by atoms with Crippen LogP contribution in [0.25, 0.3) is 0 Å². The van der Waals surface area contributed by atoms with Crippen molar-refractivity contribution < 1.29 is 4.74 Å². The second-order valence-electron chi connectivity index (χ2n) is 5.24. The standard InChI is InChI=1S/C18H23NOS/c1-4-15(19)12-14-11-13(2)9-10-16(14)20-17-7-5-6-8-18(17)21-3/h5-11,15H,4,12,19H2,1-3H3. The second kappa shape index (κ2) is 7.53. The molecule has 0 amide bonds. The molecule has 0 saturated carbocycles. The van der Waals surface area contributed by atoms with Crippen LogP contribution in [0.3, 0.4) is 0 Å². The first-order valence-electron chi connectivity index (χ1n) is 7.30. The van der Waals surface area contributed by atoms with Crippen LogP contribution in [0.5, 0.6) is 11.5 Å². The van der Waals surface area contributed by atoms with Gasteiger partial charge in [0.1, 0.15) is 11.5 Å². The van der Waals surface area contributed by atoms with Crippen molar-refractivity contribution in [1.82, 2.24) is 0 Å². The molecular formula is C18H23NOS. The van der Waals surface area contributed by atoms with Crippen molar-refractivity contribution in [1.29, 1.82) is 0 Å². The predicted octanol–water partition coefficient (Wildman–Crippen LogP) is 4.79. The van der Waals surface area contributed by atoms with E-state index in [2.05, 4.69) is 38.3 Å². The lowest BCUT2D eigenvalue weighted by molar-refractivity contribution is 0.461. The Morgan fingerprint density at radius 1 is 1.14 bits per heavy atom. The van der Waals surface area contributed by atoms with E-state index in [4.69, 9.17) is 10.5 Å². The number of para-hydroxylation sites is 1. The van der Waals surface area contributed by atoms with Gasteiger partial charge in [0.2, 0.25) is 0 Å². The van der Waals surface area contributed by atoms with E-state index in [-0.39, 0.29) is 6.04 Å². The van der Waals surface area contributed by atoms with Crippen LogP contribution in [-0.4, -0.2) is 12.3 Å². The van der Waals surface area contributed by atoms with Gasteiger partial charge in [0.15, 0.2) is 0 Å².